The van der Waals surface area contributed by atoms with Crippen molar-refractivity contribution in [3.05, 3.63) is 64.7 Å². The average molecular weight is 367 g/mol. The number of hydrogen-bond acceptors (Lipinski definition) is 3. The van der Waals surface area contributed by atoms with Crippen molar-refractivity contribution in [3.8, 4) is 0 Å². The zero-order chi connectivity index (χ0) is 18.3. The molecule has 132 valence electrons. The van der Waals surface area contributed by atoms with E-state index >= 15 is 0 Å². The number of aliphatic imine (C=N–C) groups is 1. The molecule has 2 aromatic rings. The Bertz CT molecular complexity index is 904. The largest absolute Gasteiger partial charge is 0.293 e. The van der Waals surface area contributed by atoms with Gasteiger partial charge in [0, 0.05) is 22.8 Å². The fraction of sp³-hybridized carbons (Fsp3) is 0.286. The fourth-order valence-corrected chi connectivity index (χ4v) is 3.57. The maximum Gasteiger partial charge on any atom is 0.265 e. The van der Waals surface area contributed by atoms with Gasteiger partial charge in [0.1, 0.15) is 0 Å². The van der Waals surface area contributed by atoms with Gasteiger partial charge >= 0.3 is 0 Å². The second kappa shape index (κ2) is 6.69. The summed E-state index contributed by atoms with van der Waals surface area (Å²) < 4.78 is 0. The predicted octanol–water partition coefficient (Wildman–Crippen LogP) is 4.48. The highest BCUT2D eigenvalue weighted by molar-refractivity contribution is 6.32. The quantitative estimate of drug-likeness (QED) is 0.591. The molecular weight excluding hydrogens is 348 g/mol. The van der Waals surface area contributed by atoms with E-state index in [1.807, 2.05) is 18.2 Å². The Hall–Kier alpha value is -2.46. The number of carbonyl (C=O) groups excluding carboxylic acids is 2. The van der Waals surface area contributed by atoms with E-state index in [9.17, 15) is 9.59 Å². The lowest BCUT2D eigenvalue weighted by atomic mass is 9.88. The van der Waals surface area contributed by atoms with Crippen LogP contribution in [-0.4, -0.2) is 24.1 Å². The molecule has 2 amide bonds. The number of carbonyl (C=O) groups is 2. The van der Waals surface area contributed by atoms with Crippen molar-refractivity contribution in [2.45, 2.75) is 31.7 Å². The molecule has 2 aromatic carbocycles. The van der Waals surface area contributed by atoms with Gasteiger partial charge in [-0.1, -0.05) is 35.9 Å². The van der Waals surface area contributed by atoms with E-state index in [0.29, 0.717) is 27.8 Å². The molecule has 1 saturated carbocycles. The van der Waals surface area contributed by atoms with Crippen LogP contribution >= 0.6 is 11.6 Å². The molecule has 1 fully saturated rings. The van der Waals surface area contributed by atoms with Crippen LogP contribution in [0.3, 0.4) is 0 Å². The first-order valence-corrected chi connectivity index (χ1v) is 9.20. The third-order valence-corrected chi connectivity index (χ3v) is 5.29. The van der Waals surface area contributed by atoms with Crippen molar-refractivity contribution in [1.82, 2.24) is 0 Å². The highest BCUT2D eigenvalue weighted by Crippen LogP contribution is 2.35. The Balaban J connectivity index is 1.76. The second-order valence-electron chi connectivity index (χ2n) is 6.90. The van der Waals surface area contributed by atoms with Gasteiger partial charge in [-0.3, -0.25) is 14.6 Å². The maximum absolute atomic E-state index is 13.2. The Kier molecular flexibility index (Phi) is 4.37. The van der Waals surface area contributed by atoms with E-state index in [4.69, 9.17) is 11.6 Å². The minimum Gasteiger partial charge on any atom is -0.293 e. The number of benzene rings is 2. The number of halogens is 1. The third kappa shape index (κ3) is 3.06. The zero-order valence-corrected chi connectivity index (χ0v) is 15.2. The monoisotopic (exact) mass is 366 g/mol. The van der Waals surface area contributed by atoms with Crippen LogP contribution in [0, 0.1) is 5.92 Å². The van der Waals surface area contributed by atoms with Gasteiger partial charge in [0.15, 0.2) is 0 Å². The normalized spacial score (nSPS) is 21.2. The lowest BCUT2D eigenvalue weighted by Crippen LogP contribution is -2.45. The highest BCUT2D eigenvalue weighted by atomic mass is 35.5. The van der Waals surface area contributed by atoms with Crippen LogP contribution in [0.1, 0.15) is 41.6 Å². The van der Waals surface area contributed by atoms with E-state index < -0.39 is 5.92 Å². The number of nitrogens with zero attached hydrogens (tertiary/aromatic N) is 2. The van der Waals surface area contributed by atoms with Crippen LogP contribution in [0.15, 0.2) is 53.5 Å². The van der Waals surface area contributed by atoms with Gasteiger partial charge in [0.2, 0.25) is 5.91 Å². The molecule has 0 saturated heterocycles. The number of hydrogen-bond donors (Lipinski definition) is 0. The highest BCUT2D eigenvalue weighted by Gasteiger charge is 2.39. The van der Waals surface area contributed by atoms with Crippen molar-refractivity contribution in [1.29, 1.82) is 0 Å². The Morgan fingerprint density at radius 3 is 2.65 bits per heavy atom. The summed E-state index contributed by atoms with van der Waals surface area (Å²) in [6.45, 7) is 2.08. The molecule has 2 atom stereocenters. The number of imide groups is 1. The van der Waals surface area contributed by atoms with E-state index in [2.05, 4.69) is 11.9 Å². The van der Waals surface area contributed by atoms with Crippen molar-refractivity contribution in [2.24, 2.45) is 10.9 Å². The second-order valence-corrected chi connectivity index (χ2v) is 7.34. The summed E-state index contributed by atoms with van der Waals surface area (Å²) >= 11 is 6.07. The Labute approximate surface area is 157 Å². The lowest BCUT2D eigenvalue weighted by Gasteiger charge is -2.31. The molecule has 0 radical (unpaired) electrons. The van der Waals surface area contributed by atoms with Gasteiger partial charge in [-0.15, -0.1) is 0 Å². The Morgan fingerprint density at radius 2 is 1.92 bits per heavy atom. The molecule has 4 nitrogen and oxygen atoms in total. The minimum atomic E-state index is -0.566. The number of amides is 2. The molecule has 0 bridgehead atoms. The first-order chi connectivity index (χ1) is 12.6. The molecule has 2 aliphatic rings. The Morgan fingerprint density at radius 1 is 1.15 bits per heavy atom. The molecule has 1 aliphatic carbocycles. The smallest absolute Gasteiger partial charge is 0.265 e. The van der Waals surface area contributed by atoms with E-state index in [1.54, 1.807) is 36.5 Å². The van der Waals surface area contributed by atoms with Gasteiger partial charge in [-0.2, -0.15) is 0 Å². The molecule has 0 spiro atoms. The molecule has 1 unspecified atom stereocenters. The van der Waals surface area contributed by atoms with Crippen LogP contribution in [0.4, 0.5) is 5.69 Å². The van der Waals surface area contributed by atoms with Gasteiger partial charge in [-0.25, -0.2) is 4.90 Å². The maximum atomic E-state index is 13.2. The summed E-state index contributed by atoms with van der Waals surface area (Å²) in [4.78, 5) is 32.0. The molecule has 26 heavy (non-hydrogen) atoms. The third-order valence-electron chi connectivity index (χ3n) is 5.06. The molecular formula is C21H19ClN2O2. The summed E-state index contributed by atoms with van der Waals surface area (Å²) in [6, 6.07) is 14.2. The van der Waals surface area contributed by atoms with Crippen LogP contribution in [0.5, 0.6) is 0 Å². The van der Waals surface area contributed by atoms with Crippen molar-refractivity contribution in [3.63, 3.8) is 0 Å². The topological polar surface area (TPSA) is 49.7 Å². The first-order valence-electron chi connectivity index (χ1n) is 8.82. The summed E-state index contributed by atoms with van der Waals surface area (Å²) in [5.41, 5.74) is 1.73. The SMILES string of the molecule is C[C@@H](N=CC1C(=O)N(c2cccc(Cl)c2)C(=O)c2ccccc21)C1CC1. The number of rotatable bonds is 4. The molecule has 5 heteroatoms. The summed E-state index contributed by atoms with van der Waals surface area (Å²) in [5.74, 6) is -0.564. The van der Waals surface area contributed by atoms with Crippen molar-refractivity contribution in [2.75, 3.05) is 4.90 Å². The van der Waals surface area contributed by atoms with Gasteiger partial charge < -0.3 is 0 Å². The van der Waals surface area contributed by atoms with Gasteiger partial charge in [0.05, 0.1) is 11.6 Å². The zero-order valence-electron chi connectivity index (χ0n) is 14.4. The van der Waals surface area contributed by atoms with E-state index in [1.165, 1.54) is 17.7 Å². The van der Waals surface area contributed by atoms with Crippen LogP contribution < -0.4 is 4.90 Å². The van der Waals surface area contributed by atoms with Crippen molar-refractivity contribution < 1.29 is 9.59 Å². The van der Waals surface area contributed by atoms with Crippen LogP contribution in [0.25, 0.3) is 0 Å². The average Bonchev–Trinajstić information content (AvgIpc) is 3.47. The first kappa shape index (κ1) is 17.0. The summed E-state index contributed by atoms with van der Waals surface area (Å²) in [7, 11) is 0. The van der Waals surface area contributed by atoms with Crippen molar-refractivity contribution >= 4 is 35.3 Å². The van der Waals surface area contributed by atoms with Crippen LogP contribution in [0.2, 0.25) is 5.02 Å². The predicted molar refractivity (Wildman–Crippen MR) is 103 cm³/mol. The van der Waals surface area contributed by atoms with Gasteiger partial charge in [0.25, 0.3) is 5.91 Å². The van der Waals surface area contributed by atoms with E-state index in [-0.39, 0.29) is 17.9 Å². The summed E-state index contributed by atoms with van der Waals surface area (Å²) in [6.07, 6.45) is 4.11. The summed E-state index contributed by atoms with van der Waals surface area (Å²) in [5, 5.41) is 0.481. The van der Waals surface area contributed by atoms with Gasteiger partial charge in [-0.05, 0) is 55.5 Å². The van der Waals surface area contributed by atoms with E-state index in [0.717, 1.165) is 0 Å². The lowest BCUT2D eigenvalue weighted by molar-refractivity contribution is -0.118. The number of anilines is 1. The molecule has 4 rings (SSSR count). The number of fused-ring (bicyclic) bond motifs is 1. The molecule has 1 aliphatic heterocycles. The molecule has 0 aromatic heterocycles. The fourth-order valence-electron chi connectivity index (χ4n) is 3.38. The standard InChI is InChI=1S/C21H19ClN2O2/c1-13(14-9-10-14)23-12-19-17-7-2-3-8-18(17)20(25)24(21(19)26)16-6-4-5-15(22)11-16/h2-8,11-14,19H,9-10H2,1H3/t13-,19?/m1/s1. The molecule has 1 heterocycles. The van der Waals surface area contributed by atoms with Crippen LogP contribution in [-0.2, 0) is 4.79 Å². The minimum absolute atomic E-state index is 0.201. The molecule has 0 N–H and O–H groups in total.